The zero-order chi connectivity index (χ0) is 14.2. The summed E-state index contributed by atoms with van der Waals surface area (Å²) in [4.78, 5) is 24.5. The van der Waals surface area contributed by atoms with Crippen LogP contribution < -0.4 is 0 Å². The molecule has 0 aromatic heterocycles. The van der Waals surface area contributed by atoms with Crippen molar-refractivity contribution in [2.75, 3.05) is 6.54 Å². The van der Waals surface area contributed by atoms with Gasteiger partial charge in [0.2, 0.25) is 0 Å². The van der Waals surface area contributed by atoms with Gasteiger partial charge in [-0.25, -0.2) is 4.79 Å². The zero-order valence-corrected chi connectivity index (χ0v) is 12.1. The Morgan fingerprint density at radius 1 is 1.42 bits per heavy atom. The van der Waals surface area contributed by atoms with Gasteiger partial charge in [-0.2, -0.15) is 0 Å². The average Bonchev–Trinajstić information content (AvgIpc) is 2.74. The maximum absolute atomic E-state index is 12.2. The lowest BCUT2D eigenvalue weighted by Crippen LogP contribution is -2.40. The van der Waals surface area contributed by atoms with Crippen LogP contribution in [0.4, 0.5) is 0 Å². The summed E-state index contributed by atoms with van der Waals surface area (Å²) in [6, 6.07) is 3.65. The summed E-state index contributed by atoms with van der Waals surface area (Å²) in [7, 11) is 0. The van der Waals surface area contributed by atoms with Gasteiger partial charge in [0.15, 0.2) is 0 Å². The van der Waals surface area contributed by atoms with E-state index in [1.54, 1.807) is 12.1 Å². The first kappa shape index (κ1) is 14.3. The second-order valence-electron chi connectivity index (χ2n) is 4.33. The molecule has 102 valence electrons. The number of hydrogen-bond donors (Lipinski definition) is 2. The number of amides is 1. The van der Waals surface area contributed by atoms with E-state index in [-0.39, 0.29) is 13.0 Å². The van der Waals surface area contributed by atoms with E-state index < -0.39 is 24.0 Å². The first-order valence-corrected chi connectivity index (χ1v) is 6.74. The molecule has 2 N–H and O–H groups in total. The third kappa shape index (κ3) is 2.91. The highest BCUT2D eigenvalue weighted by Crippen LogP contribution is 2.26. The Bertz CT molecular complexity index is 536. The summed E-state index contributed by atoms with van der Waals surface area (Å²) in [6.07, 6.45) is -0.762. The molecule has 0 bridgehead atoms. The summed E-state index contributed by atoms with van der Waals surface area (Å²) in [5, 5.41) is 19.0. The van der Waals surface area contributed by atoms with Gasteiger partial charge in [0, 0.05) is 23.0 Å². The number of carboxylic acid groups (broad SMARTS) is 1. The van der Waals surface area contributed by atoms with Crippen LogP contribution in [0.5, 0.6) is 0 Å². The molecule has 2 atom stereocenters. The first-order chi connectivity index (χ1) is 8.90. The van der Waals surface area contributed by atoms with Crippen LogP contribution in [0.25, 0.3) is 0 Å². The fraction of sp³-hybridized carbons (Fsp3) is 0.333. The number of carbonyl (C=O) groups excluding carboxylic acids is 1. The van der Waals surface area contributed by atoms with Crippen molar-refractivity contribution < 1.29 is 19.8 Å². The van der Waals surface area contributed by atoms with Crippen molar-refractivity contribution in [3.8, 4) is 0 Å². The summed E-state index contributed by atoms with van der Waals surface area (Å²) < 4.78 is 0.655. The van der Waals surface area contributed by atoms with Gasteiger partial charge in [-0.1, -0.05) is 11.6 Å². The van der Waals surface area contributed by atoms with E-state index in [2.05, 4.69) is 15.9 Å². The number of aliphatic hydroxyl groups excluding tert-OH is 1. The SMILES string of the molecule is O=C(O)[C@@H]1C[C@H](O)CN1C(=O)c1ccc(Br)c(Cl)c1. The van der Waals surface area contributed by atoms with Crippen molar-refractivity contribution in [3.63, 3.8) is 0 Å². The number of benzene rings is 1. The van der Waals surface area contributed by atoms with Crippen molar-refractivity contribution in [3.05, 3.63) is 33.3 Å². The molecule has 1 saturated heterocycles. The first-order valence-electron chi connectivity index (χ1n) is 5.57. The molecule has 0 unspecified atom stereocenters. The topological polar surface area (TPSA) is 77.8 Å². The smallest absolute Gasteiger partial charge is 0.326 e. The number of aliphatic carboxylic acids is 1. The second-order valence-corrected chi connectivity index (χ2v) is 5.59. The van der Waals surface area contributed by atoms with Gasteiger partial charge in [0.05, 0.1) is 11.1 Å². The van der Waals surface area contributed by atoms with E-state index in [0.717, 1.165) is 4.90 Å². The largest absolute Gasteiger partial charge is 0.480 e. The van der Waals surface area contributed by atoms with Gasteiger partial charge >= 0.3 is 5.97 Å². The second kappa shape index (κ2) is 5.48. The number of hydrogen-bond acceptors (Lipinski definition) is 3. The number of aliphatic hydroxyl groups is 1. The minimum Gasteiger partial charge on any atom is -0.480 e. The highest BCUT2D eigenvalue weighted by atomic mass is 79.9. The van der Waals surface area contributed by atoms with Crippen molar-refractivity contribution in [1.29, 1.82) is 0 Å². The minimum atomic E-state index is -1.12. The van der Waals surface area contributed by atoms with Crippen molar-refractivity contribution in [2.24, 2.45) is 0 Å². The van der Waals surface area contributed by atoms with E-state index in [9.17, 15) is 14.7 Å². The molecule has 0 spiro atoms. The van der Waals surface area contributed by atoms with Crippen LogP contribution in [-0.2, 0) is 4.79 Å². The summed E-state index contributed by atoms with van der Waals surface area (Å²) >= 11 is 9.12. The van der Waals surface area contributed by atoms with Crippen molar-refractivity contribution in [2.45, 2.75) is 18.6 Å². The normalized spacial score (nSPS) is 22.6. The third-order valence-electron chi connectivity index (χ3n) is 2.99. The highest BCUT2D eigenvalue weighted by molar-refractivity contribution is 9.10. The zero-order valence-electron chi connectivity index (χ0n) is 9.72. The fourth-order valence-corrected chi connectivity index (χ4v) is 2.49. The van der Waals surface area contributed by atoms with Crippen LogP contribution >= 0.6 is 27.5 Å². The van der Waals surface area contributed by atoms with E-state index in [1.807, 2.05) is 0 Å². The highest BCUT2D eigenvalue weighted by Gasteiger charge is 2.39. The van der Waals surface area contributed by atoms with E-state index in [0.29, 0.717) is 15.1 Å². The van der Waals surface area contributed by atoms with Gasteiger partial charge in [-0.05, 0) is 34.1 Å². The van der Waals surface area contributed by atoms with Gasteiger partial charge < -0.3 is 15.1 Å². The summed E-state index contributed by atoms with van der Waals surface area (Å²) in [5.74, 6) is -1.56. The molecule has 1 fully saturated rings. The number of β-amino-alcohol motifs (C(OH)–C–C–N with tert-alkyl or cyclic N) is 1. The molecule has 1 aromatic rings. The number of rotatable bonds is 2. The van der Waals surface area contributed by atoms with Gasteiger partial charge in [0.25, 0.3) is 5.91 Å². The van der Waals surface area contributed by atoms with Gasteiger partial charge in [0.1, 0.15) is 6.04 Å². The van der Waals surface area contributed by atoms with Crippen molar-refractivity contribution in [1.82, 2.24) is 4.90 Å². The van der Waals surface area contributed by atoms with Gasteiger partial charge in [-0.15, -0.1) is 0 Å². The van der Waals surface area contributed by atoms with Crippen LogP contribution in [0, 0.1) is 0 Å². The fourth-order valence-electron chi connectivity index (χ4n) is 2.07. The molecule has 0 saturated carbocycles. The lowest BCUT2D eigenvalue weighted by Gasteiger charge is -2.21. The molecular weight excluding hydrogens is 337 g/mol. The molecule has 1 heterocycles. The minimum absolute atomic E-state index is 0.0173. The molecule has 1 aliphatic heterocycles. The molecule has 2 rings (SSSR count). The van der Waals surface area contributed by atoms with E-state index in [1.165, 1.54) is 6.07 Å². The Hall–Kier alpha value is -1.11. The van der Waals surface area contributed by atoms with Crippen LogP contribution in [0.3, 0.4) is 0 Å². The number of carboxylic acids is 1. The third-order valence-corrected chi connectivity index (χ3v) is 4.22. The number of halogens is 2. The number of carbonyl (C=O) groups is 2. The maximum atomic E-state index is 12.2. The molecule has 1 amide bonds. The average molecular weight is 349 g/mol. The quantitative estimate of drug-likeness (QED) is 0.854. The van der Waals surface area contributed by atoms with Crippen LogP contribution in [0.2, 0.25) is 5.02 Å². The Balaban J connectivity index is 2.27. The predicted molar refractivity (Wildman–Crippen MR) is 72.2 cm³/mol. The predicted octanol–water partition coefficient (Wildman–Crippen LogP) is 1.76. The lowest BCUT2D eigenvalue weighted by atomic mass is 10.1. The molecule has 1 aliphatic rings. The van der Waals surface area contributed by atoms with Crippen LogP contribution in [0.1, 0.15) is 16.8 Å². The van der Waals surface area contributed by atoms with Crippen LogP contribution in [0.15, 0.2) is 22.7 Å². The Labute approximate surface area is 122 Å². The Kier molecular flexibility index (Phi) is 4.13. The Morgan fingerprint density at radius 3 is 2.68 bits per heavy atom. The standard InChI is InChI=1S/C12H11BrClNO4/c13-8-2-1-6(3-9(8)14)11(17)15-5-7(16)4-10(15)12(18)19/h1-3,7,10,16H,4-5H2,(H,18,19)/t7-,10-/m0/s1. The molecule has 19 heavy (non-hydrogen) atoms. The summed E-state index contributed by atoms with van der Waals surface area (Å²) in [6.45, 7) is 0.0173. The number of likely N-dealkylation sites (tertiary alicyclic amines) is 1. The monoisotopic (exact) mass is 347 g/mol. The molecule has 0 radical (unpaired) electrons. The van der Waals surface area contributed by atoms with Crippen LogP contribution in [-0.4, -0.2) is 45.7 Å². The van der Waals surface area contributed by atoms with Gasteiger partial charge in [-0.3, -0.25) is 4.79 Å². The molecule has 7 heteroatoms. The molecular formula is C12H11BrClNO4. The number of nitrogens with zero attached hydrogens (tertiary/aromatic N) is 1. The van der Waals surface area contributed by atoms with Crippen molar-refractivity contribution >= 4 is 39.4 Å². The lowest BCUT2D eigenvalue weighted by molar-refractivity contribution is -0.141. The molecule has 0 aliphatic carbocycles. The molecule has 5 nitrogen and oxygen atoms in total. The molecule has 1 aromatic carbocycles. The van der Waals surface area contributed by atoms with E-state index >= 15 is 0 Å². The maximum Gasteiger partial charge on any atom is 0.326 e. The Morgan fingerprint density at radius 2 is 2.11 bits per heavy atom. The van der Waals surface area contributed by atoms with E-state index in [4.69, 9.17) is 16.7 Å². The summed E-state index contributed by atoms with van der Waals surface area (Å²) in [5.41, 5.74) is 0.300.